The Kier molecular flexibility index (Phi) is 5.65. The van der Waals surface area contributed by atoms with Crippen molar-refractivity contribution in [3.8, 4) is 5.75 Å². The van der Waals surface area contributed by atoms with E-state index in [1.54, 1.807) is 24.3 Å². The van der Waals surface area contributed by atoms with Crippen molar-refractivity contribution in [1.82, 2.24) is 0 Å². The molecule has 0 fully saturated rings. The molecule has 0 N–H and O–H groups in total. The molecule has 1 heterocycles. The van der Waals surface area contributed by atoms with Gasteiger partial charge in [-0.1, -0.05) is 71.7 Å². The lowest BCUT2D eigenvalue weighted by molar-refractivity contribution is -0.129. The van der Waals surface area contributed by atoms with Crippen LogP contribution < -0.4 is 4.74 Å². The van der Waals surface area contributed by atoms with Gasteiger partial charge in [0.15, 0.2) is 5.70 Å². The molecule has 0 atom stereocenters. The first-order valence-electron chi connectivity index (χ1n) is 8.84. The Labute approximate surface area is 178 Å². The van der Waals surface area contributed by atoms with Crippen molar-refractivity contribution >= 4 is 41.1 Å². The molecule has 0 spiro atoms. The van der Waals surface area contributed by atoms with E-state index in [1.807, 2.05) is 54.6 Å². The van der Waals surface area contributed by atoms with Crippen molar-refractivity contribution in [2.45, 2.75) is 6.61 Å². The number of halogens is 2. The lowest BCUT2D eigenvalue weighted by Crippen LogP contribution is -2.06. The fraction of sp³-hybridized carbons (Fsp3) is 0.0435. The Morgan fingerprint density at radius 3 is 2.52 bits per heavy atom. The molecule has 6 heteroatoms. The minimum atomic E-state index is -0.552. The Balaban J connectivity index is 1.60. The summed E-state index contributed by atoms with van der Waals surface area (Å²) in [5, 5.41) is 0.848. The van der Waals surface area contributed by atoms with Crippen LogP contribution in [0.1, 0.15) is 16.7 Å². The van der Waals surface area contributed by atoms with E-state index in [0.29, 0.717) is 28.0 Å². The van der Waals surface area contributed by atoms with Crippen molar-refractivity contribution in [2.24, 2.45) is 4.99 Å². The number of esters is 1. The van der Waals surface area contributed by atoms with E-state index in [0.717, 1.165) is 11.1 Å². The number of nitrogens with zero attached hydrogens (tertiary/aromatic N) is 1. The predicted octanol–water partition coefficient (Wildman–Crippen LogP) is 5.92. The van der Waals surface area contributed by atoms with E-state index < -0.39 is 5.97 Å². The molecule has 0 radical (unpaired) electrons. The third kappa shape index (κ3) is 4.50. The Hall–Kier alpha value is -3.08. The fourth-order valence-electron chi connectivity index (χ4n) is 2.80. The number of hydrogen-bond donors (Lipinski definition) is 0. The summed E-state index contributed by atoms with van der Waals surface area (Å²) in [7, 11) is 0. The van der Waals surface area contributed by atoms with E-state index in [4.69, 9.17) is 32.7 Å². The highest BCUT2D eigenvalue weighted by Gasteiger charge is 2.26. The molecule has 0 saturated heterocycles. The Bertz CT molecular complexity index is 1120. The topological polar surface area (TPSA) is 47.9 Å². The van der Waals surface area contributed by atoms with Crippen molar-refractivity contribution in [1.29, 1.82) is 0 Å². The van der Waals surface area contributed by atoms with Crippen molar-refractivity contribution in [3.63, 3.8) is 0 Å². The van der Waals surface area contributed by atoms with Crippen LogP contribution >= 0.6 is 23.2 Å². The molecule has 0 saturated carbocycles. The molecule has 0 unspecified atom stereocenters. The van der Waals surface area contributed by atoms with Crippen LogP contribution in [0.15, 0.2) is 83.5 Å². The molecule has 4 rings (SSSR count). The predicted molar refractivity (Wildman–Crippen MR) is 114 cm³/mol. The van der Waals surface area contributed by atoms with Gasteiger partial charge in [-0.05, 0) is 35.9 Å². The number of carbonyl (C=O) groups is 1. The number of aliphatic imine (C=N–C) groups is 1. The summed E-state index contributed by atoms with van der Waals surface area (Å²) in [6.07, 6.45) is 1.64. The van der Waals surface area contributed by atoms with Gasteiger partial charge in [-0.3, -0.25) is 0 Å². The molecule has 0 aromatic heterocycles. The molecular weight excluding hydrogens is 409 g/mol. The summed E-state index contributed by atoms with van der Waals surface area (Å²) in [5.41, 5.74) is 2.44. The number of cyclic esters (lactones) is 1. The van der Waals surface area contributed by atoms with Gasteiger partial charge in [0.1, 0.15) is 12.4 Å². The highest BCUT2D eigenvalue weighted by molar-refractivity contribution is 6.37. The molecule has 0 amide bonds. The normalized spacial score (nSPS) is 14.6. The summed E-state index contributed by atoms with van der Waals surface area (Å²) in [4.78, 5) is 16.6. The average Bonchev–Trinajstić information content (AvgIpc) is 3.08. The van der Waals surface area contributed by atoms with E-state index >= 15 is 0 Å². The number of para-hydroxylation sites is 1. The van der Waals surface area contributed by atoms with Crippen LogP contribution in [0.25, 0.3) is 6.08 Å². The number of rotatable bonds is 5. The van der Waals surface area contributed by atoms with Crippen molar-refractivity contribution < 1.29 is 14.3 Å². The largest absolute Gasteiger partial charge is 0.488 e. The molecule has 144 valence electrons. The highest BCUT2D eigenvalue weighted by atomic mass is 35.5. The molecule has 3 aromatic rings. The first-order chi connectivity index (χ1) is 14.1. The second-order valence-electron chi connectivity index (χ2n) is 6.27. The van der Waals surface area contributed by atoms with Gasteiger partial charge in [-0.15, -0.1) is 0 Å². The van der Waals surface area contributed by atoms with Gasteiger partial charge in [0, 0.05) is 10.6 Å². The number of hydrogen-bond acceptors (Lipinski definition) is 4. The van der Waals surface area contributed by atoms with Crippen LogP contribution in [0.4, 0.5) is 0 Å². The van der Waals surface area contributed by atoms with Crippen molar-refractivity contribution in [3.05, 3.63) is 105 Å². The zero-order valence-electron chi connectivity index (χ0n) is 15.1. The summed E-state index contributed by atoms with van der Waals surface area (Å²) in [6, 6.07) is 22.2. The zero-order valence-corrected chi connectivity index (χ0v) is 16.7. The Morgan fingerprint density at radius 2 is 1.72 bits per heavy atom. The lowest BCUT2D eigenvalue weighted by Gasteiger charge is -2.09. The van der Waals surface area contributed by atoms with Gasteiger partial charge in [0.2, 0.25) is 5.90 Å². The van der Waals surface area contributed by atoms with Gasteiger partial charge in [0.05, 0.1) is 10.6 Å². The van der Waals surface area contributed by atoms with Gasteiger partial charge >= 0.3 is 5.97 Å². The van der Waals surface area contributed by atoms with E-state index in [-0.39, 0.29) is 11.6 Å². The first-order valence-corrected chi connectivity index (χ1v) is 9.59. The molecule has 1 aliphatic heterocycles. The smallest absolute Gasteiger partial charge is 0.363 e. The van der Waals surface area contributed by atoms with Gasteiger partial charge in [0.25, 0.3) is 0 Å². The molecule has 0 bridgehead atoms. The van der Waals surface area contributed by atoms with Crippen LogP contribution in [0, 0.1) is 0 Å². The van der Waals surface area contributed by atoms with Crippen LogP contribution in [0.5, 0.6) is 5.75 Å². The quantitative estimate of drug-likeness (QED) is 0.378. The molecule has 1 aliphatic rings. The maximum absolute atomic E-state index is 12.3. The van der Waals surface area contributed by atoms with E-state index in [9.17, 15) is 4.79 Å². The highest BCUT2D eigenvalue weighted by Crippen LogP contribution is 2.28. The van der Waals surface area contributed by atoms with Gasteiger partial charge < -0.3 is 9.47 Å². The second kappa shape index (κ2) is 8.52. The maximum atomic E-state index is 12.3. The zero-order chi connectivity index (χ0) is 20.2. The van der Waals surface area contributed by atoms with Crippen molar-refractivity contribution in [2.75, 3.05) is 0 Å². The third-order valence-electron chi connectivity index (χ3n) is 4.23. The van der Waals surface area contributed by atoms with Crippen LogP contribution in [0.2, 0.25) is 10.0 Å². The van der Waals surface area contributed by atoms with E-state index in [1.165, 1.54) is 0 Å². The minimum Gasteiger partial charge on any atom is -0.488 e. The van der Waals surface area contributed by atoms with E-state index in [2.05, 4.69) is 4.99 Å². The van der Waals surface area contributed by atoms with Gasteiger partial charge in [-0.2, -0.15) is 0 Å². The van der Waals surface area contributed by atoms with Crippen LogP contribution in [0.3, 0.4) is 0 Å². The summed E-state index contributed by atoms with van der Waals surface area (Å²) in [6.45, 7) is 0.417. The van der Waals surface area contributed by atoms with Gasteiger partial charge in [-0.25, -0.2) is 9.79 Å². The van der Waals surface area contributed by atoms with Crippen LogP contribution in [-0.4, -0.2) is 11.9 Å². The SMILES string of the molecule is O=C1OC(c2ccc(Cl)cc2Cl)=N/C1=C\c1ccccc1OCc1ccccc1. The third-order valence-corrected chi connectivity index (χ3v) is 4.78. The summed E-state index contributed by atoms with van der Waals surface area (Å²) in [5.74, 6) is 0.235. The molecule has 3 aromatic carbocycles. The van der Waals surface area contributed by atoms with Crippen LogP contribution in [-0.2, 0) is 16.1 Å². The first kappa shape index (κ1) is 19.2. The minimum absolute atomic E-state index is 0.144. The maximum Gasteiger partial charge on any atom is 0.363 e. The number of carbonyl (C=O) groups excluding carboxylic acids is 1. The molecular formula is C23H15Cl2NO3. The number of ether oxygens (including phenoxy) is 2. The standard InChI is InChI=1S/C23H15Cl2NO3/c24-17-10-11-18(19(25)13-17)22-26-20(23(27)29-22)12-16-8-4-5-9-21(16)28-14-15-6-2-1-3-7-15/h1-13H,14H2/b20-12-. The lowest BCUT2D eigenvalue weighted by atomic mass is 10.1. The molecule has 29 heavy (non-hydrogen) atoms. The Morgan fingerprint density at radius 1 is 0.966 bits per heavy atom. The summed E-state index contributed by atoms with van der Waals surface area (Å²) >= 11 is 12.1. The molecule has 4 nitrogen and oxygen atoms in total. The average molecular weight is 424 g/mol. The fourth-order valence-corrected chi connectivity index (χ4v) is 3.29. The monoisotopic (exact) mass is 423 g/mol. The second-order valence-corrected chi connectivity index (χ2v) is 7.12. The molecule has 0 aliphatic carbocycles. The number of benzene rings is 3. The summed E-state index contributed by atoms with van der Waals surface area (Å²) < 4.78 is 11.2.